The fourth-order valence-electron chi connectivity index (χ4n) is 3.82. The van der Waals surface area contributed by atoms with Crippen LogP contribution >= 0.6 is 23.4 Å². The number of halogens is 2. The summed E-state index contributed by atoms with van der Waals surface area (Å²) in [4.78, 5) is 51.0. The first-order chi connectivity index (χ1) is 21.2. The molecule has 224 valence electrons. The predicted molar refractivity (Wildman–Crippen MR) is 170 cm³/mol. The van der Waals surface area contributed by atoms with E-state index in [1.165, 1.54) is 36.0 Å². The molecule has 0 saturated heterocycles. The molecule has 0 aliphatic heterocycles. The van der Waals surface area contributed by atoms with Crippen molar-refractivity contribution in [2.45, 2.75) is 11.8 Å². The number of anilines is 2. The zero-order chi connectivity index (χ0) is 31.5. The fourth-order valence-corrected chi connectivity index (χ4v) is 4.73. The molecule has 0 aromatic heterocycles. The van der Waals surface area contributed by atoms with Gasteiger partial charge in [0, 0.05) is 27.4 Å². The number of esters is 1. The molecule has 4 rings (SSSR count). The summed E-state index contributed by atoms with van der Waals surface area (Å²) in [6.07, 6.45) is 1.18. The van der Waals surface area contributed by atoms with E-state index in [1.54, 1.807) is 85.8 Å². The molecule has 4 aromatic rings. The van der Waals surface area contributed by atoms with Gasteiger partial charge in [-0.25, -0.2) is 9.18 Å². The van der Waals surface area contributed by atoms with Crippen molar-refractivity contribution < 1.29 is 28.3 Å². The maximum absolute atomic E-state index is 14.5. The van der Waals surface area contributed by atoms with Gasteiger partial charge in [0.1, 0.15) is 11.5 Å². The molecule has 8 nitrogen and oxygen atoms in total. The van der Waals surface area contributed by atoms with Crippen LogP contribution in [0.2, 0.25) is 5.02 Å². The molecule has 11 heteroatoms. The Morgan fingerprint density at radius 2 is 1.48 bits per heavy atom. The highest BCUT2D eigenvalue weighted by molar-refractivity contribution is 8.00. The Kier molecular flexibility index (Phi) is 11.3. The Bertz CT molecular complexity index is 1660. The Hall–Kier alpha value is -4.93. The van der Waals surface area contributed by atoms with Crippen molar-refractivity contribution in [2.75, 3.05) is 23.0 Å². The number of hydrogen-bond acceptors (Lipinski definition) is 6. The monoisotopic (exact) mass is 631 g/mol. The summed E-state index contributed by atoms with van der Waals surface area (Å²) in [6.45, 7) is 2.00. The maximum atomic E-state index is 14.5. The lowest BCUT2D eigenvalue weighted by Gasteiger charge is -2.12. The molecule has 0 aliphatic rings. The van der Waals surface area contributed by atoms with Crippen LogP contribution in [0.5, 0.6) is 0 Å². The highest BCUT2D eigenvalue weighted by Gasteiger charge is 2.17. The van der Waals surface area contributed by atoms with E-state index in [2.05, 4.69) is 16.0 Å². The fraction of sp³-hybridized carbons (Fsp3) is 0.0909. The van der Waals surface area contributed by atoms with Gasteiger partial charge in [-0.15, -0.1) is 11.8 Å². The summed E-state index contributed by atoms with van der Waals surface area (Å²) >= 11 is 7.44. The Balaban J connectivity index is 1.38. The summed E-state index contributed by atoms with van der Waals surface area (Å²) in [6, 6.07) is 25.5. The van der Waals surface area contributed by atoms with Gasteiger partial charge in [-0.1, -0.05) is 35.9 Å². The van der Waals surface area contributed by atoms with E-state index in [4.69, 9.17) is 16.3 Å². The molecule has 0 radical (unpaired) electrons. The molecule has 3 N–H and O–H groups in total. The van der Waals surface area contributed by atoms with Crippen molar-refractivity contribution in [1.82, 2.24) is 5.32 Å². The molecule has 0 bridgehead atoms. The van der Waals surface area contributed by atoms with Crippen LogP contribution < -0.4 is 16.0 Å². The van der Waals surface area contributed by atoms with Gasteiger partial charge >= 0.3 is 5.97 Å². The Morgan fingerprint density at radius 3 is 2.14 bits per heavy atom. The lowest BCUT2D eigenvalue weighted by Crippen LogP contribution is -2.30. The molecule has 0 saturated carbocycles. The number of hydrogen-bond donors (Lipinski definition) is 3. The minimum atomic E-state index is -0.692. The molecule has 0 heterocycles. The van der Waals surface area contributed by atoms with Gasteiger partial charge in [0.2, 0.25) is 5.91 Å². The summed E-state index contributed by atoms with van der Waals surface area (Å²) in [5.74, 6) is -2.46. The van der Waals surface area contributed by atoms with E-state index in [0.717, 1.165) is 4.90 Å². The minimum absolute atomic E-state index is 0.0485. The van der Waals surface area contributed by atoms with Gasteiger partial charge in [0.15, 0.2) is 0 Å². The second kappa shape index (κ2) is 15.5. The average Bonchev–Trinajstić information content (AvgIpc) is 3.02. The molecular weight excluding hydrogens is 605 g/mol. The summed E-state index contributed by atoms with van der Waals surface area (Å²) in [7, 11) is 0. The Morgan fingerprint density at radius 1 is 0.818 bits per heavy atom. The third-order valence-corrected chi connectivity index (χ3v) is 7.32. The zero-order valence-electron chi connectivity index (χ0n) is 23.4. The van der Waals surface area contributed by atoms with Crippen LogP contribution in [0.4, 0.5) is 15.8 Å². The molecule has 0 fully saturated rings. The van der Waals surface area contributed by atoms with Crippen molar-refractivity contribution in [2.24, 2.45) is 0 Å². The quantitative estimate of drug-likeness (QED) is 0.0954. The molecule has 3 amide bonds. The van der Waals surface area contributed by atoms with E-state index < -0.39 is 23.6 Å². The van der Waals surface area contributed by atoms with Crippen molar-refractivity contribution in [1.29, 1.82) is 0 Å². The summed E-state index contributed by atoms with van der Waals surface area (Å²) < 4.78 is 19.5. The van der Waals surface area contributed by atoms with Crippen molar-refractivity contribution in [3.63, 3.8) is 0 Å². The second-order valence-corrected chi connectivity index (χ2v) is 10.6. The number of thioether (sulfide) groups is 1. The van der Waals surface area contributed by atoms with Crippen LogP contribution in [0.1, 0.15) is 33.2 Å². The molecule has 4 aromatic carbocycles. The SMILES string of the molecule is CCOC(=O)c1ccc(NC(=O)CSc2ccc(NC(=O)/C(=C/c3c(F)cccc3Cl)NC(=O)c3ccccc3)cc2)cc1. The van der Waals surface area contributed by atoms with Crippen LogP contribution in [0.25, 0.3) is 6.08 Å². The van der Waals surface area contributed by atoms with Crippen LogP contribution in [-0.4, -0.2) is 36.1 Å². The lowest BCUT2D eigenvalue weighted by molar-refractivity contribution is -0.114. The van der Waals surface area contributed by atoms with E-state index in [9.17, 15) is 23.6 Å². The first-order valence-electron chi connectivity index (χ1n) is 13.4. The zero-order valence-corrected chi connectivity index (χ0v) is 25.0. The predicted octanol–water partition coefficient (Wildman–Crippen LogP) is 6.80. The van der Waals surface area contributed by atoms with E-state index in [-0.39, 0.29) is 34.6 Å². The summed E-state index contributed by atoms with van der Waals surface area (Å²) in [5.41, 5.74) is 1.39. The maximum Gasteiger partial charge on any atom is 0.338 e. The van der Waals surface area contributed by atoms with E-state index in [0.29, 0.717) is 22.5 Å². The number of rotatable bonds is 11. The highest BCUT2D eigenvalue weighted by Crippen LogP contribution is 2.24. The van der Waals surface area contributed by atoms with Gasteiger partial charge in [-0.3, -0.25) is 14.4 Å². The van der Waals surface area contributed by atoms with Gasteiger partial charge in [-0.2, -0.15) is 0 Å². The van der Waals surface area contributed by atoms with Crippen LogP contribution in [0.3, 0.4) is 0 Å². The van der Waals surface area contributed by atoms with Gasteiger partial charge in [0.05, 0.1) is 22.9 Å². The lowest BCUT2D eigenvalue weighted by atomic mass is 10.1. The van der Waals surface area contributed by atoms with Gasteiger partial charge < -0.3 is 20.7 Å². The number of amides is 3. The molecule has 44 heavy (non-hydrogen) atoms. The minimum Gasteiger partial charge on any atom is -0.462 e. The van der Waals surface area contributed by atoms with E-state index >= 15 is 0 Å². The summed E-state index contributed by atoms with van der Waals surface area (Å²) in [5, 5.41) is 8.08. The molecule has 0 spiro atoms. The van der Waals surface area contributed by atoms with Crippen molar-refractivity contribution in [3.8, 4) is 0 Å². The Labute approximate surface area is 262 Å². The number of carbonyl (C=O) groups excluding carboxylic acids is 4. The van der Waals surface area contributed by atoms with Crippen LogP contribution in [0, 0.1) is 5.82 Å². The second-order valence-electron chi connectivity index (χ2n) is 9.13. The number of benzene rings is 4. The molecule has 0 unspecified atom stereocenters. The number of nitrogens with one attached hydrogen (secondary N) is 3. The first kappa shape index (κ1) is 32.0. The topological polar surface area (TPSA) is 114 Å². The largest absolute Gasteiger partial charge is 0.462 e. The van der Waals surface area contributed by atoms with Gasteiger partial charge in [-0.05, 0) is 85.8 Å². The standard InChI is InChI=1S/C33H27ClFN3O5S/c1-2-43-33(42)22-11-13-23(14-12-22)36-30(39)20-44-25-17-15-24(16-18-25)37-32(41)29(19-26-27(34)9-6-10-28(26)35)38-31(40)21-7-4-3-5-8-21/h3-19H,2,20H2,1H3,(H,36,39)(H,37,41)(H,38,40)/b29-19-. The van der Waals surface area contributed by atoms with Crippen molar-refractivity contribution in [3.05, 3.63) is 130 Å². The number of ether oxygens (including phenoxy) is 1. The molecular formula is C33H27ClFN3O5S. The van der Waals surface area contributed by atoms with Crippen LogP contribution in [-0.2, 0) is 14.3 Å². The van der Waals surface area contributed by atoms with Gasteiger partial charge in [0.25, 0.3) is 11.8 Å². The highest BCUT2D eigenvalue weighted by atomic mass is 35.5. The third-order valence-electron chi connectivity index (χ3n) is 5.98. The normalized spacial score (nSPS) is 10.9. The van der Waals surface area contributed by atoms with E-state index in [1.807, 2.05) is 0 Å². The van der Waals surface area contributed by atoms with Crippen LogP contribution in [0.15, 0.2) is 108 Å². The molecule has 0 atom stereocenters. The first-order valence-corrected chi connectivity index (χ1v) is 14.7. The third kappa shape index (κ3) is 9.03. The molecule has 0 aliphatic carbocycles. The smallest absolute Gasteiger partial charge is 0.338 e. The number of carbonyl (C=O) groups is 4. The average molecular weight is 632 g/mol. The van der Waals surface area contributed by atoms with Crippen molar-refractivity contribution >= 4 is 64.5 Å².